The van der Waals surface area contributed by atoms with E-state index in [9.17, 15) is 9.59 Å². The van der Waals surface area contributed by atoms with E-state index < -0.39 is 5.97 Å². The van der Waals surface area contributed by atoms with Crippen molar-refractivity contribution in [3.63, 3.8) is 0 Å². The van der Waals surface area contributed by atoms with Crippen LogP contribution in [0.4, 0.5) is 0 Å². The molecule has 0 atom stereocenters. The summed E-state index contributed by atoms with van der Waals surface area (Å²) in [5.41, 5.74) is 3.40. The molecule has 0 bridgehead atoms. The number of carboxylic acids is 1. The summed E-state index contributed by atoms with van der Waals surface area (Å²) < 4.78 is 7.06. The minimum atomic E-state index is -1.05. The zero-order chi connectivity index (χ0) is 18.5. The molecule has 0 amide bonds. The van der Waals surface area contributed by atoms with Crippen LogP contribution in [0.2, 0.25) is 0 Å². The second-order valence-electron chi connectivity index (χ2n) is 6.03. The van der Waals surface area contributed by atoms with Gasteiger partial charge in [-0.15, -0.1) is 0 Å². The van der Waals surface area contributed by atoms with Gasteiger partial charge in [0.05, 0.1) is 0 Å². The molecule has 3 aromatic rings. The number of carbonyl (C=O) groups is 1. The Balaban J connectivity index is 1.81. The summed E-state index contributed by atoms with van der Waals surface area (Å²) in [5, 5.41) is 8.91. The fraction of sp³-hybridized carbons (Fsp3) is 0.143. The van der Waals surface area contributed by atoms with Crippen molar-refractivity contribution < 1.29 is 14.6 Å². The first-order chi connectivity index (χ1) is 12.5. The van der Waals surface area contributed by atoms with E-state index in [1.807, 2.05) is 55.5 Å². The van der Waals surface area contributed by atoms with Gasteiger partial charge < -0.3 is 14.4 Å². The summed E-state index contributed by atoms with van der Waals surface area (Å²) in [6.07, 6.45) is 1.57. The number of aryl methyl sites for hydroxylation is 1. The molecule has 2 aromatic carbocycles. The maximum Gasteiger partial charge on any atom is 0.323 e. The largest absolute Gasteiger partial charge is 0.489 e. The molecule has 0 fully saturated rings. The van der Waals surface area contributed by atoms with Crippen LogP contribution in [0.3, 0.4) is 0 Å². The monoisotopic (exact) mass is 349 g/mol. The number of ether oxygens (including phenoxy) is 1. The Morgan fingerprint density at radius 2 is 1.77 bits per heavy atom. The van der Waals surface area contributed by atoms with Gasteiger partial charge in [0.1, 0.15) is 18.9 Å². The van der Waals surface area contributed by atoms with Crippen molar-refractivity contribution in [3.8, 4) is 16.9 Å². The number of carboxylic acid groups (broad SMARTS) is 1. The van der Waals surface area contributed by atoms with Gasteiger partial charge in [-0.2, -0.15) is 0 Å². The van der Waals surface area contributed by atoms with Crippen molar-refractivity contribution in [2.75, 3.05) is 0 Å². The first-order valence-corrected chi connectivity index (χ1v) is 8.23. The van der Waals surface area contributed by atoms with Gasteiger partial charge in [-0.25, -0.2) is 0 Å². The van der Waals surface area contributed by atoms with E-state index in [1.165, 1.54) is 10.6 Å². The second kappa shape index (κ2) is 7.70. The zero-order valence-electron chi connectivity index (χ0n) is 14.4. The highest BCUT2D eigenvalue weighted by Gasteiger charge is 2.07. The Morgan fingerprint density at radius 1 is 1.04 bits per heavy atom. The van der Waals surface area contributed by atoms with E-state index in [0.29, 0.717) is 6.61 Å². The lowest BCUT2D eigenvalue weighted by Crippen LogP contribution is -2.22. The first-order valence-electron chi connectivity index (χ1n) is 8.23. The zero-order valence-corrected chi connectivity index (χ0v) is 14.4. The van der Waals surface area contributed by atoms with E-state index >= 15 is 0 Å². The molecule has 0 radical (unpaired) electrons. The van der Waals surface area contributed by atoms with E-state index in [0.717, 1.165) is 28.0 Å². The Kier molecular flexibility index (Phi) is 5.17. The number of hydrogen-bond acceptors (Lipinski definition) is 3. The third-order valence-corrected chi connectivity index (χ3v) is 4.03. The molecule has 1 heterocycles. The van der Waals surface area contributed by atoms with Crippen LogP contribution in [0, 0.1) is 6.92 Å². The molecule has 26 heavy (non-hydrogen) atoms. The average Bonchev–Trinajstić information content (AvgIpc) is 2.63. The van der Waals surface area contributed by atoms with Gasteiger partial charge in [0.25, 0.3) is 5.56 Å². The third kappa shape index (κ3) is 4.19. The molecule has 1 aromatic heterocycles. The molecule has 132 valence electrons. The summed E-state index contributed by atoms with van der Waals surface area (Å²) in [6, 6.07) is 18.8. The van der Waals surface area contributed by atoms with Crippen LogP contribution in [0.15, 0.2) is 71.7 Å². The third-order valence-electron chi connectivity index (χ3n) is 4.03. The van der Waals surface area contributed by atoms with Crippen LogP contribution in [0.5, 0.6) is 5.75 Å². The normalized spacial score (nSPS) is 10.5. The molecule has 0 spiro atoms. The summed E-state index contributed by atoms with van der Waals surface area (Å²) in [5.74, 6) is -0.262. The number of aromatic nitrogens is 1. The maximum absolute atomic E-state index is 11.8. The second-order valence-corrected chi connectivity index (χ2v) is 6.03. The number of nitrogens with zero attached hydrogens (tertiary/aromatic N) is 1. The molecular formula is C21H19NO4. The van der Waals surface area contributed by atoms with E-state index in [-0.39, 0.29) is 12.1 Å². The van der Waals surface area contributed by atoms with Crippen molar-refractivity contribution in [2.45, 2.75) is 20.1 Å². The molecule has 0 unspecified atom stereocenters. The van der Waals surface area contributed by atoms with Crippen LogP contribution >= 0.6 is 0 Å². The van der Waals surface area contributed by atoms with Gasteiger partial charge in [0.15, 0.2) is 0 Å². The maximum atomic E-state index is 11.8. The molecule has 5 nitrogen and oxygen atoms in total. The van der Waals surface area contributed by atoms with Crippen LogP contribution in [-0.4, -0.2) is 15.6 Å². The Morgan fingerprint density at radius 3 is 2.46 bits per heavy atom. The number of hydrogen-bond donors (Lipinski definition) is 1. The molecule has 5 heteroatoms. The molecule has 0 aliphatic rings. The number of rotatable bonds is 6. The summed E-state index contributed by atoms with van der Waals surface area (Å²) in [4.78, 5) is 22.6. The van der Waals surface area contributed by atoms with Gasteiger partial charge in [-0.3, -0.25) is 9.59 Å². The average molecular weight is 349 g/mol. The van der Waals surface area contributed by atoms with Crippen LogP contribution in [0.25, 0.3) is 11.1 Å². The lowest BCUT2D eigenvalue weighted by atomic mass is 10.0. The lowest BCUT2D eigenvalue weighted by molar-refractivity contribution is -0.137. The molecule has 3 rings (SSSR count). The SMILES string of the molecule is Cc1cc(-c2ccc(=O)n(CC(=O)O)c2)ccc1OCc1ccccc1. The topological polar surface area (TPSA) is 68.5 Å². The number of pyridine rings is 1. The van der Waals surface area contributed by atoms with E-state index in [1.54, 1.807) is 12.3 Å². The molecule has 0 saturated carbocycles. The fourth-order valence-electron chi connectivity index (χ4n) is 2.70. The highest BCUT2D eigenvalue weighted by molar-refractivity contribution is 5.68. The van der Waals surface area contributed by atoms with Crippen LogP contribution < -0.4 is 10.3 Å². The highest BCUT2D eigenvalue weighted by atomic mass is 16.5. The van der Waals surface area contributed by atoms with E-state index in [2.05, 4.69) is 0 Å². The Labute approximate surface area is 151 Å². The van der Waals surface area contributed by atoms with Gasteiger partial charge in [0.2, 0.25) is 0 Å². The lowest BCUT2D eigenvalue weighted by Gasteiger charge is -2.12. The minimum Gasteiger partial charge on any atom is -0.489 e. The van der Waals surface area contributed by atoms with Crippen molar-refractivity contribution in [3.05, 3.63) is 88.3 Å². The van der Waals surface area contributed by atoms with Crippen molar-refractivity contribution >= 4 is 5.97 Å². The molecule has 1 N–H and O–H groups in total. The highest BCUT2D eigenvalue weighted by Crippen LogP contribution is 2.26. The molecule has 0 saturated heterocycles. The van der Waals surface area contributed by atoms with Crippen molar-refractivity contribution in [1.82, 2.24) is 4.57 Å². The number of aliphatic carboxylic acids is 1. The smallest absolute Gasteiger partial charge is 0.323 e. The quantitative estimate of drug-likeness (QED) is 0.740. The van der Waals surface area contributed by atoms with Gasteiger partial charge in [-0.1, -0.05) is 36.4 Å². The van der Waals surface area contributed by atoms with Gasteiger partial charge in [0, 0.05) is 12.3 Å². The van der Waals surface area contributed by atoms with E-state index in [4.69, 9.17) is 9.84 Å². The summed E-state index contributed by atoms with van der Waals surface area (Å²) in [6.45, 7) is 2.09. The molecular weight excluding hydrogens is 330 g/mol. The van der Waals surface area contributed by atoms with Crippen molar-refractivity contribution in [1.29, 1.82) is 0 Å². The number of benzene rings is 2. The van der Waals surface area contributed by atoms with Crippen molar-refractivity contribution in [2.24, 2.45) is 0 Å². The van der Waals surface area contributed by atoms with Crippen LogP contribution in [-0.2, 0) is 17.9 Å². The molecule has 0 aliphatic carbocycles. The summed E-state index contributed by atoms with van der Waals surface area (Å²) in [7, 11) is 0. The first kappa shape index (κ1) is 17.5. The predicted octanol–water partition coefficient (Wildman–Crippen LogP) is 3.49. The fourth-order valence-corrected chi connectivity index (χ4v) is 2.70. The minimum absolute atomic E-state index is 0.337. The Hall–Kier alpha value is -3.34. The predicted molar refractivity (Wildman–Crippen MR) is 99.3 cm³/mol. The standard InChI is InChI=1S/C21H19NO4/c1-15-11-17(18-8-10-20(23)22(12-18)13-21(24)25)7-9-19(15)26-14-16-5-3-2-4-6-16/h2-12H,13-14H2,1H3,(H,24,25). The molecule has 0 aliphatic heterocycles. The van der Waals surface area contributed by atoms with Gasteiger partial charge in [-0.05, 0) is 47.4 Å². The van der Waals surface area contributed by atoms with Crippen LogP contribution in [0.1, 0.15) is 11.1 Å². The summed E-state index contributed by atoms with van der Waals surface area (Å²) >= 11 is 0. The van der Waals surface area contributed by atoms with Gasteiger partial charge >= 0.3 is 5.97 Å². The Bertz CT molecular complexity index is 977.